The van der Waals surface area contributed by atoms with Crippen LogP contribution >= 0.6 is 12.6 Å². The van der Waals surface area contributed by atoms with Crippen LogP contribution in [0.3, 0.4) is 0 Å². The van der Waals surface area contributed by atoms with Gasteiger partial charge in [-0.05, 0) is 17.7 Å². The largest absolute Gasteiger partial charge is 0.303 e. The summed E-state index contributed by atoms with van der Waals surface area (Å²) in [5.41, 5.74) is 1.02. The van der Waals surface area contributed by atoms with E-state index in [1.165, 1.54) is 0 Å². The Morgan fingerprint density at radius 2 is 2.27 bits per heavy atom. The molecule has 1 rings (SSSR count). The molecule has 11 heavy (non-hydrogen) atoms. The van der Waals surface area contributed by atoms with E-state index >= 15 is 0 Å². The second-order valence-corrected chi connectivity index (χ2v) is 3.04. The molecule has 0 fully saturated rings. The SMILES string of the molecule is CC(C=O)c1cccc(S)c1. The highest BCUT2D eigenvalue weighted by atomic mass is 32.1. The smallest absolute Gasteiger partial charge is 0.127 e. The summed E-state index contributed by atoms with van der Waals surface area (Å²) in [6.07, 6.45) is 0.933. The fourth-order valence-corrected chi connectivity index (χ4v) is 1.12. The summed E-state index contributed by atoms with van der Waals surface area (Å²) in [5.74, 6) is -0.0258. The lowest BCUT2D eigenvalue weighted by atomic mass is 10.0. The van der Waals surface area contributed by atoms with Crippen LogP contribution in [0.15, 0.2) is 29.2 Å². The average molecular weight is 166 g/mol. The first-order chi connectivity index (χ1) is 5.24. The minimum Gasteiger partial charge on any atom is -0.303 e. The Bertz CT molecular complexity index is 257. The van der Waals surface area contributed by atoms with Gasteiger partial charge in [-0.2, -0.15) is 0 Å². The summed E-state index contributed by atoms with van der Waals surface area (Å²) in [4.78, 5) is 11.3. The van der Waals surface area contributed by atoms with Gasteiger partial charge in [-0.1, -0.05) is 19.1 Å². The van der Waals surface area contributed by atoms with Crippen molar-refractivity contribution in [2.45, 2.75) is 17.7 Å². The van der Waals surface area contributed by atoms with Crippen molar-refractivity contribution >= 4 is 18.9 Å². The van der Waals surface area contributed by atoms with E-state index < -0.39 is 0 Å². The summed E-state index contributed by atoms with van der Waals surface area (Å²) in [6, 6.07) is 7.63. The van der Waals surface area contributed by atoms with Crippen LogP contribution < -0.4 is 0 Å². The molecule has 1 aromatic carbocycles. The molecule has 0 aliphatic heterocycles. The highest BCUT2D eigenvalue weighted by Gasteiger charge is 2.01. The lowest BCUT2D eigenvalue weighted by Gasteiger charge is -2.03. The number of carbonyl (C=O) groups is 1. The van der Waals surface area contributed by atoms with Gasteiger partial charge in [0.15, 0.2) is 0 Å². The molecule has 0 aromatic heterocycles. The van der Waals surface area contributed by atoms with Crippen LogP contribution in [-0.4, -0.2) is 6.29 Å². The van der Waals surface area contributed by atoms with Gasteiger partial charge in [0.05, 0.1) is 0 Å². The van der Waals surface area contributed by atoms with Crippen molar-refractivity contribution in [3.8, 4) is 0 Å². The van der Waals surface area contributed by atoms with E-state index in [2.05, 4.69) is 12.6 Å². The average Bonchev–Trinajstić information content (AvgIpc) is 2.03. The molecule has 1 unspecified atom stereocenters. The second-order valence-electron chi connectivity index (χ2n) is 2.52. The second kappa shape index (κ2) is 3.58. The van der Waals surface area contributed by atoms with E-state index in [1.54, 1.807) is 0 Å². The van der Waals surface area contributed by atoms with Crippen molar-refractivity contribution in [3.63, 3.8) is 0 Å². The summed E-state index contributed by atoms with van der Waals surface area (Å²) in [5, 5.41) is 0. The van der Waals surface area contributed by atoms with Gasteiger partial charge in [0.2, 0.25) is 0 Å². The third-order valence-corrected chi connectivity index (χ3v) is 1.88. The Morgan fingerprint density at radius 3 is 2.82 bits per heavy atom. The van der Waals surface area contributed by atoms with Crippen molar-refractivity contribution in [2.24, 2.45) is 0 Å². The van der Waals surface area contributed by atoms with Crippen LogP contribution in [0.5, 0.6) is 0 Å². The number of benzene rings is 1. The van der Waals surface area contributed by atoms with Crippen molar-refractivity contribution in [1.29, 1.82) is 0 Å². The minimum atomic E-state index is -0.0258. The van der Waals surface area contributed by atoms with Crippen LogP contribution in [0.4, 0.5) is 0 Å². The molecule has 0 saturated carbocycles. The molecule has 0 amide bonds. The molecule has 2 heteroatoms. The van der Waals surface area contributed by atoms with E-state index in [-0.39, 0.29) is 5.92 Å². The zero-order valence-corrected chi connectivity index (χ0v) is 7.21. The lowest BCUT2D eigenvalue weighted by Crippen LogP contribution is -1.93. The molecule has 58 valence electrons. The van der Waals surface area contributed by atoms with Crippen molar-refractivity contribution in [3.05, 3.63) is 29.8 Å². The summed E-state index contributed by atoms with van der Waals surface area (Å²) in [6.45, 7) is 1.87. The molecule has 1 aromatic rings. The number of aldehydes is 1. The molecule has 0 heterocycles. The quantitative estimate of drug-likeness (QED) is 0.527. The molecular formula is C9H10OS. The molecule has 1 atom stereocenters. The van der Waals surface area contributed by atoms with Gasteiger partial charge in [-0.15, -0.1) is 12.6 Å². The number of hydrogen-bond donors (Lipinski definition) is 1. The fraction of sp³-hybridized carbons (Fsp3) is 0.222. The van der Waals surface area contributed by atoms with Gasteiger partial charge in [-0.3, -0.25) is 0 Å². The van der Waals surface area contributed by atoms with Gasteiger partial charge in [-0.25, -0.2) is 0 Å². The summed E-state index contributed by atoms with van der Waals surface area (Å²) >= 11 is 4.17. The molecular weight excluding hydrogens is 156 g/mol. The van der Waals surface area contributed by atoms with Crippen LogP contribution in [0, 0.1) is 0 Å². The summed E-state index contributed by atoms with van der Waals surface area (Å²) < 4.78 is 0. The van der Waals surface area contributed by atoms with Gasteiger partial charge in [0.25, 0.3) is 0 Å². The van der Waals surface area contributed by atoms with Crippen molar-refractivity contribution in [2.75, 3.05) is 0 Å². The number of carbonyl (C=O) groups excluding carboxylic acids is 1. The van der Waals surface area contributed by atoms with Gasteiger partial charge < -0.3 is 4.79 Å². The first kappa shape index (κ1) is 8.34. The maximum absolute atomic E-state index is 10.4. The zero-order valence-electron chi connectivity index (χ0n) is 6.32. The van der Waals surface area contributed by atoms with Crippen LogP contribution in [-0.2, 0) is 4.79 Å². The van der Waals surface area contributed by atoms with Gasteiger partial charge in [0, 0.05) is 10.8 Å². The van der Waals surface area contributed by atoms with Crippen LogP contribution in [0.25, 0.3) is 0 Å². The Morgan fingerprint density at radius 1 is 1.55 bits per heavy atom. The normalized spacial score (nSPS) is 12.5. The maximum atomic E-state index is 10.4. The minimum absolute atomic E-state index is 0.0258. The fourth-order valence-electron chi connectivity index (χ4n) is 0.887. The monoisotopic (exact) mass is 166 g/mol. The number of hydrogen-bond acceptors (Lipinski definition) is 2. The molecule has 1 nitrogen and oxygen atoms in total. The molecule has 0 radical (unpaired) electrons. The highest BCUT2D eigenvalue weighted by molar-refractivity contribution is 7.80. The predicted octanol–water partition coefficient (Wildman–Crippen LogP) is 2.28. The Balaban J connectivity index is 2.95. The Hall–Kier alpha value is -0.760. The van der Waals surface area contributed by atoms with Crippen LogP contribution in [0.2, 0.25) is 0 Å². The first-order valence-electron chi connectivity index (χ1n) is 3.48. The van der Waals surface area contributed by atoms with E-state index in [4.69, 9.17) is 0 Å². The number of rotatable bonds is 2. The Labute approximate surface area is 71.8 Å². The van der Waals surface area contributed by atoms with Crippen LogP contribution in [0.1, 0.15) is 18.4 Å². The maximum Gasteiger partial charge on any atom is 0.127 e. The third-order valence-electron chi connectivity index (χ3n) is 1.60. The molecule has 0 aliphatic carbocycles. The van der Waals surface area contributed by atoms with E-state index in [0.29, 0.717) is 0 Å². The highest BCUT2D eigenvalue weighted by Crippen LogP contribution is 2.15. The lowest BCUT2D eigenvalue weighted by molar-refractivity contribution is -0.108. The predicted molar refractivity (Wildman–Crippen MR) is 48.2 cm³/mol. The molecule has 0 N–H and O–H groups in total. The van der Waals surface area contributed by atoms with E-state index in [9.17, 15) is 4.79 Å². The van der Waals surface area contributed by atoms with E-state index in [1.807, 2.05) is 31.2 Å². The molecule has 0 saturated heterocycles. The topological polar surface area (TPSA) is 17.1 Å². The Kier molecular flexibility index (Phi) is 2.71. The molecule has 0 aliphatic rings. The van der Waals surface area contributed by atoms with E-state index in [0.717, 1.165) is 16.7 Å². The molecule has 0 spiro atoms. The first-order valence-corrected chi connectivity index (χ1v) is 3.93. The van der Waals surface area contributed by atoms with Gasteiger partial charge >= 0.3 is 0 Å². The molecule has 0 bridgehead atoms. The third kappa shape index (κ3) is 2.09. The van der Waals surface area contributed by atoms with Gasteiger partial charge in [0.1, 0.15) is 6.29 Å². The number of thiol groups is 1. The van der Waals surface area contributed by atoms with Crippen molar-refractivity contribution < 1.29 is 4.79 Å². The zero-order chi connectivity index (χ0) is 8.27. The van der Waals surface area contributed by atoms with Crippen molar-refractivity contribution in [1.82, 2.24) is 0 Å². The summed E-state index contributed by atoms with van der Waals surface area (Å²) in [7, 11) is 0. The standard InChI is InChI=1S/C9H10OS/c1-7(6-10)8-3-2-4-9(11)5-8/h2-7,11H,1H3.